The second-order valence-corrected chi connectivity index (χ2v) is 4.30. The van der Waals surface area contributed by atoms with Crippen LogP contribution in [0.4, 0.5) is 0 Å². The highest BCUT2D eigenvalue weighted by Crippen LogP contribution is 2.30. The monoisotopic (exact) mass is 196 g/mol. The van der Waals surface area contributed by atoms with E-state index >= 15 is 0 Å². The summed E-state index contributed by atoms with van der Waals surface area (Å²) in [7, 11) is 0. The molecule has 80 valence electrons. The van der Waals surface area contributed by atoms with Gasteiger partial charge >= 0.3 is 0 Å². The van der Waals surface area contributed by atoms with E-state index in [0.29, 0.717) is 19.3 Å². The second-order valence-electron chi connectivity index (χ2n) is 4.30. The van der Waals surface area contributed by atoms with Crippen LogP contribution in [0.25, 0.3) is 0 Å². The van der Waals surface area contributed by atoms with Gasteiger partial charge in [0.15, 0.2) is 5.78 Å². The first-order chi connectivity index (χ1) is 6.58. The Morgan fingerprint density at radius 2 is 1.93 bits per heavy atom. The van der Waals surface area contributed by atoms with Crippen LogP contribution >= 0.6 is 0 Å². The molecule has 0 aromatic heterocycles. The van der Waals surface area contributed by atoms with Crippen molar-refractivity contribution in [3.8, 4) is 0 Å². The molecular formula is C12H20O2. The SMILES string of the molecule is C=C(CC)CC(=O)C1(O)CCCCC1. The molecule has 0 saturated heterocycles. The Kier molecular flexibility index (Phi) is 3.87. The number of Topliss-reactive ketones (excluding diaryl/α,β-unsaturated/α-hetero) is 1. The van der Waals surface area contributed by atoms with Gasteiger partial charge in [-0.2, -0.15) is 0 Å². The largest absolute Gasteiger partial charge is 0.382 e. The number of rotatable bonds is 4. The zero-order valence-corrected chi connectivity index (χ0v) is 9.01. The normalized spacial score (nSPS) is 20.4. The fraction of sp³-hybridized carbons (Fsp3) is 0.750. The summed E-state index contributed by atoms with van der Waals surface area (Å²) in [6.45, 7) is 5.79. The fourth-order valence-electron chi connectivity index (χ4n) is 1.93. The molecule has 2 nitrogen and oxygen atoms in total. The van der Waals surface area contributed by atoms with Crippen molar-refractivity contribution in [1.29, 1.82) is 0 Å². The quantitative estimate of drug-likeness (QED) is 0.702. The lowest BCUT2D eigenvalue weighted by molar-refractivity contribution is -0.139. The minimum absolute atomic E-state index is 0.0240. The molecule has 0 spiro atoms. The molecule has 14 heavy (non-hydrogen) atoms. The molecule has 1 fully saturated rings. The zero-order chi connectivity index (χ0) is 10.6. The van der Waals surface area contributed by atoms with Gasteiger partial charge in [-0.25, -0.2) is 0 Å². The molecule has 0 radical (unpaired) electrons. The lowest BCUT2D eigenvalue weighted by atomic mass is 9.80. The van der Waals surface area contributed by atoms with Crippen LogP contribution in [-0.4, -0.2) is 16.5 Å². The molecule has 0 atom stereocenters. The minimum atomic E-state index is -1.03. The van der Waals surface area contributed by atoms with E-state index in [0.717, 1.165) is 31.3 Å². The van der Waals surface area contributed by atoms with E-state index < -0.39 is 5.60 Å². The van der Waals surface area contributed by atoms with Gasteiger partial charge in [0.1, 0.15) is 5.60 Å². The molecule has 0 aromatic rings. The van der Waals surface area contributed by atoms with Crippen LogP contribution < -0.4 is 0 Å². The molecular weight excluding hydrogens is 176 g/mol. The number of allylic oxidation sites excluding steroid dienone is 1. The number of aliphatic hydroxyl groups is 1. The van der Waals surface area contributed by atoms with Gasteiger partial charge in [-0.1, -0.05) is 38.3 Å². The van der Waals surface area contributed by atoms with E-state index in [-0.39, 0.29) is 5.78 Å². The van der Waals surface area contributed by atoms with Crippen LogP contribution in [0.5, 0.6) is 0 Å². The van der Waals surface area contributed by atoms with Crippen molar-refractivity contribution < 1.29 is 9.90 Å². The molecule has 1 N–H and O–H groups in total. The van der Waals surface area contributed by atoms with Crippen molar-refractivity contribution in [1.82, 2.24) is 0 Å². The Bertz CT molecular complexity index is 224. The molecule has 0 aromatic carbocycles. The fourth-order valence-corrected chi connectivity index (χ4v) is 1.93. The van der Waals surface area contributed by atoms with Gasteiger partial charge < -0.3 is 5.11 Å². The second kappa shape index (κ2) is 4.74. The third kappa shape index (κ3) is 2.68. The van der Waals surface area contributed by atoms with Crippen molar-refractivity contribution in [2.45, 2.75) is 57.5 Å². The third-order valence-electron chi connectivity index (χ3n) is 3.11. The van der Waals surface area contributed by atoms with Crippen molar-refractivity contribution in [3.05, 3.63) is 12.2 Å². The highest BCUT2D eigenvalue weighted by Gasteiger charge is 2.36. The summed E-state index contributed by atoms with van der Waals surface area (Å²) in [5, 5.41) is 10.1. The lowest BCUT2D eigenvalue weighted by Gasteiger charge is -2.30. The highest BCUT2D eigenvalue weighted by atomic mass is 16.3. The van der Waals surface area contributed by atoms with E-state index in [1.54, 1.807) is 0 Å². The topological polar surface area (TPSA) is 37.3 Å². The van der Waals surface area contributed by atoms with Crippen molar-refractivity contribution in [2.24, 2.45) is 0 Å². The van der Waals surface area contributed by atoms with Crippen LogP contribution in [0.3, 0.4) is 0 Å². The van der Waals surface area contributed by atoms with E-state index in [9.17, 15) is 9.90 Å². The first-order valence-corrected chi connectivity index (χ1v) is 5.51. The molecule has 0 amide bonds. The summed E-state index contributed by atoms with van der Waals surface area (Å²) in [5.41, 5.74) is -0.106. The van der Waals surface area contributed by atoms with Gasteiger partial charge in [0.05, 0.1) is 0 Å². The highest BCUT2D eigenvalue weighted by molar-refractivity contribution is 5.88. The Balaban J connectivity index is 2.53. The number of hydrogen-bond donors (Lipinski definition) is 1. The standard InChI is InChI=1S/C12H20O2/c1-3-10(2)9-11(13)12(14)7-5-4-6-8-12/h14H,2-9H2,1H3. The maximum absolute atomic E-state index is 11.8. The molecule has 0 unspecified atom stereocenters. The Morgan fingerprint density at radius 1 is 1.36 bits per heavy atom. The Hall–Kier alpha value is -0.630. The Labute approximate surface area is 86.0 Å². The van der Waals surface area contributed by atoms with Crippen molar-refractivity contribution >= 4 is 5.78 Å². The number of hydrogen-bond acceptors (Lipinski definition) is 2. The molecule has 0 heterocycles. The number of carbonyl (C=O) groups is 1. The average Bonchev–Trinajstić information content (AvgIpc) is 2.18. The summed E-state index contributed by atoms with van der Waals surface area (Å²) in [5.74, 6) is -0.0240. The van der Waals surface area contributed by atoms with Crippen LogP contribution in [0.15, 0.2) is 12.2 Å². The third-order valence-corrected chi connectivity index (χ3v) is 3.11. The maximum Gasteiger partial charge on any atom is 0.168 e. The van der Waals surface area contributed by atoms with Crippen LogP contribution in [0.1, 0.15) is 51.9 Å². The van der Waals surface area contributed by atoms with Gasteiger partial charge in [0, 0.05) is 6.42 Å². The molecule has 2 heteroatoms. The maximum atomic E-state index is 11.8. The Morgan fingerprint density at radius 3 is 2.43 bits per heavy atom. The summed E-state index contributed by atoms with van der Waals surface area (Å²) >= 11 is 0. The van der Waals surface area contributed by atoms with Gasteiger partial charge in [0.25, 0.3) is 0 Å². The molecule has 0 aliphatic heterocycles. The number of carbonyl (C=O) groups excluding carboxylic acids is 1. The van der Waals surface area contributed by atoms with Gasteiger partial charge in [-0.3, -0.25) is 4.79 Å². The summed E-state index contributed by atoms with van der Waals surface area (Å²) in [6.07, 6.45) is 5.55. The van der Waals surface area contributed by atoms with Crippen LogP contribution in [0.2, 0.25) is 0 Å². The summed E-state index contributed by atoms with van der Waals surface area (Å²) < 4.78 is 0. The predicted octanol–water partition coefficient (Wildman–Crippen LogP) is 2.61. The molecule has 1 saturated carbocycles. The van der Waals surface area contributed by atoms with E-state index in [1.807, 2.05) is 6.92 Å². The van der Waals surface area contributed by atoms with Crippen molar-refractivity contribution in [2.75, 3.05) is 0 Å². The molecule has 1 aliphatic carbocycles. The first kappa shape index (κ1) is 11.4. The van der Waals surface area contributed by atoms with Crippen LogP contribution in [-0.2, 0) is 4.79 Å². The molecule has 0 bridgehead atoms. The predicted molar refractivity (Wildman–Crippen MR) is 57.1 cm³/mol. The summed E-state index contributed by atoms with van der Waals surface area (Å²) in [4.78, 5) is 11.8. The number of ketones is 1. The van der Waals surface area contributed by atoms with Gasteiger partial charge in [-0.05, 0) is 19.3 Å². The van der Waals surface area contributed by atoms with Crippen molar-refractivity contribution in [3.63, 3.8) is 0 Å². The summed E-state index contributed by atoms with van der Waals surface area (Å²) in [6, 6.07) is 0. The average molecular weight is 196 g/mol. The van der Waals surface area contributed by atoms with E-state index in [2.05, 4.69) is 6.58 Å². The van der Waals surface area contributed by atoms with E-state index in [1.165, 1.54) is 0 Å². The molecule has 1 rings (SSSR count). The lowest BCUT2D eigenvalue weighted by Crippen LogP contribution is -2.40. The van der Waals surface area contributed by atoms with Gasteiger partial charge in [-0.15, -0.1) is 0 Å². The molecule has 1 aliphatic rings. The first-order valence-electron chi connectivity index (χ1n) is 5.51. The van der Waals surface area contributed by atoms with Gasteiger partial charge in [0.2, 0.25) is 0 Å². The smallest absolute Gasteiger partial charge is 0.168 e. The van der Waals surface area contributed by atoms with Crippen LogP contribution in [0, 0.1) is 0 Å². The minimum Gasteiger partial charge on any atom is -0.382 e. The zero-order valence-electron chi connectivity index (χ0n) is 9.01. The van der Waals surface area contributed by atoms with E-state index in [4.69, 9.17) is 0 Å².